The normalized spacial score (nSPS) is 20.4. The predicted octanol–water partition coefficient (Wildman–Crippen LogP) is 0.505. The summed E-state index contributed by atoms with van der Waals surface area (Å²) in [6.07, 6.45) is 2.41. The molecule has 0 spiro atoms. The molecule has 0 amide bonds. The Kier molecular flexibility index (Phi) is 5.58. The summed E-state index contributed by atoms with van der Waals surface area (Å²) in [7, 11) is 4.30. The number of piperazine rings is 1. The fraction of sp³-hybridized carbons (Fsp3) is 0.714. The summed E-state index contributed by atoms with van der Waals surface area (Å²) in [5.41, 5.74) is 6.55. The van der Waals surface area contributed by atoms with Crippen molar-refractivity contribution in [3.8, 4) is 5.88 Å². The number of nitrogens with zero attached hydrogens (tertiary/aromatic N) is 4. The first-order valence-electron chi connectivity index (χ1n) is 7.47. The van der Waals surface area contributed by atoms with E-state index in [9.17, 15) is 0 Å². The summed E-state index contributed by atoms with van der Waals surface area (Å²) in [5, 5.41) is 3.33. The van der Waals surface area contributed by atoms with E-state index in [1.54, 1.807) is 0 Å². The number of nitrogen functional groups attached to an aromatic ring is 1. The van der Waals surface area contributed by atoms with E-state index in [4.69, 9.17) is 10.5 Å². The van der Waals surface area contributed by atoms with Gasteiger partial charge in [-0.2, -0.15) is 4.98 Å². The summed E-state index contributed by atoms with van der Waals surface area (Å²) in [6, 6.07) is 0.443. The Balaban J connectivity index is 1.96. The van der Waals surface area contributed by atoms with Gasteiger partial charge in [-0.1, -0.05) is 6.92 Å². The monoisotopic (exact) mass is 294 g/mol. The highest BCUT2D eigenvalue weighted by molar-refractivity contribution is 5.66. The summed E-state index contributed by atoms with van der Waals surface area (Å²) >= 11 is 0. The van der Waals surface area contributed by atoms with Crippen LogP contribution >= 0.6 is 0 Å². The highest BCUT2D eigenvalue weighted by Crippen LogP contribution is 2.24. The first-order chi connectivity index (χ1) is 10.1. The molecule has 0 bridgehead atoms. The third-order valence-electron chi connectivity index (χ3n) is 3.78. The van der Waals surface area contributed by atoms with Gasteiger partial charge in [-0.15, -0.1) is 0 Å². The number of rotatable bonds is 6. The summed E-state index contributed by atoms with van der Waals surface area (Å²) < 4.78 is 5.52. The molecule has 1 aromatic rings. The van der Waals surface area contributed by atoms with Crippen molar-refractivity contribution in [1.82, 2.24) is 19.8 Å². The highest BCUT2D eigenvalue weighted by Gasteiger charge is 2.22. The molecular weight excluding hydrogens is 268 g/mol. The molecule has 7 heteroatoms. The van der Waals surface area contributed by atoms with Gasteiger partial charge in [0.05, 0.1) is 6.61 Å². The molecule has 1 aliphatic heterocycles. The quantitative estimate of drug-likeness (QED) is 0.791. The lowest BCUT2D eigenvalue weighted by molar-refractivity contribution is 0.122. The molecule has 0 aliphatic carbocycles. The van der Waals surface area contributed by atoms with E-state index < -0.39 is 0 Å². The molecule has 1 saturated heterocycles. The Morgan fingerprint density at radius 3 is 2.95 bits per heavy atom. The number of likely N-dealkylation sites (N-methyl/N-ethyl adjacent to an activating group) is 2. The van der Waals surface area contributed by atoms with Crippen molar-refractivity contribution in [2.75, 3.05) is 57.9 Å². The van der Waals surface area contributed by atoms with Crippen molar-refractivity contribution in [2.24, 2.45) is 0 Å². The highest BCUT2D eigenvalue weighted by atomic mass is 16.5. The van der Waals surface area contributed by atoms with Gasteiger partial charge >= 0.3 is 0 Å². The molecule has 3 N–H and O–H groups in total. The fourth-order valence-corrected chi connectivity index (χ4v) is 2.37. The Hall–Kier alpha value is -1.60. The van der Waals surface area contributed by atoms with Crippen molar-refractivity contribution in [1.29, 1.82) is 0 Å². The summed E-state index contributed by atoms with van der Waals surface area (Å²) in [5.74, 6) is 1.11. The zero-order valence-corrected chi connectivity index (χ0v) is 13.2. The second-order valence-electron chi connectivity index (χ2n) is 5.57. The van der Waals surface area contributed by atoms with Crippen LogP contribution in [0, 0.1) is 0 Å². The molecular formula is C14H26N6O. The molecule has 0 radical (unpaired) electrons. The molecule has 7 nitrogen and oxygen atoms in total. The first-order valence-corrected chi connectivity index (χ1v) is 7.47. The summed E-state index contributed by atoms with van der Waals surface area (Å²) in [6.45, 7) is 6.68. The van der Waals surface area contributed by atoms with Crippen LogP contribution in [0.4, 0.5) is 11.5 Å². The molecule has 0 aromatic carbocycles. The lowest BCUT2D eigenvalue weighted by atomic mass is 10.2. The minimum absolute atomic E-state index is 0.443. The number of nitrogens with one attached hydrogen (secondary N) is 1. The van der Waals surface area contributed by atoms with Crippen LogP contribution in [0.3, 0.4) is 0 Å². The maximum Gasteiger partial charge on any atom is 0.242 e. The maximum absolute atomic E-state index is 6.07. The average Bonchev–Trinajstić information content (AvgIpc) is 2.48. The lowest BCUT2D eigenvalue weighted by Crippen LogP contribution is -2.52. The Morgan fingerprint density at radius 2 is 2.19 bits per heavy atom. The van der Waals surface area contributed by atoms with Crippen LogP contribution in [-0.2, 0) is 0 Å². The van der Waals surface area contributed by atoms with Crippen LogP contribution in [-0.4, -0.2) is 72.7 Å². The Bertz CT molecular complexity index is 455. The van der Waals surface area contributed by atoms with Crippen LogP contribution in [0.5, 0.6) is 5.88 Å². The van der Waals surface area contributed by atoms with Crippen LogP contribution in [0.25, 0.3) is 0 Å². The van der Waals surface area contributed by atoms with Gasteiger partial charge in [0.2, 0.25) is 5.88 Å². The minimum atomic E-state index is 0.443. The van der Waals surface area contributed by atoms with Gasteiger partial charge < -0.3 is 20.7 Å². The van der Waals surface area contributed by atoms with Crippen molar-refractivity contribution >= 4 is 11.5 Å². The van der Waals surface area contributed by atoms with Gasteiger partial charge in [0, 0.05) is 32.2 Å². The Labute approximate surface area is 126 Å². The van der Waals surface area contributed by atoms with Gasteiger partial charge in [-0.05, 0) is 20.5 Å². The van der Waals surface area contributed by atoms with Gasteiger partial charge in [0.1, 0.15) is 12.0 Å². The second kappa shape index (κ2) is 7.42. The molecule has 21 heavy (non-hydrogen) atoms. The van der Waals surface area contributed by atoms with Crippen LogP contribution in [0.1, 0.15) is 13.3 Å². The maximum atomic E-state index is 6.07. The van der Waals surface area contributed by atoms with E-state index in [1.807, 2.05) is 6.92 Å². The summed E-state index contributed by atoms with van der Waals surface area (Å²) in [4.78, 5) is 13.0. The molecule has 1 unspecified atom stereocenters. The second-order valence-corrected chi connectivity index (χ2v) is 5.57. The van der Waals surface area contributed by atoms with Gasteiger partial charge in [-0.3, -0.25) is 4.90 Å². The lowest BCUT2D eigenvalue weighted by Gasteiger charge is -2.37. The molecule has 1 aliphatic rings. The van der Waals surface area contributed by atoms with E-state index in [0.717, 1.165) is 32.6 Å². The number of hydrogen-bond acceptors (Lipinski definition) is 7. The topological polar surface area (TPSA) is 79.5 Å². The first kappa shape index (κ1) is 15.8. The van der Waals surface area contributed by atoms with E-state index in [0.29, 0.717) is 30.0 Å². The van der Waals surface area contributed by atoms with E-state index in [1.165, 1.54) is 6.33 Å². The van der Waals surface area contributed by atoms with E-state index in [2.05, 4.69) is 39.2 Å². The SMILES string of the molecule is CCCOc1ncnc(NCC2CN(C)CCN2C)c1N. The van der Waals surface area contributed by atoms with Crippen molar-refractivity contribution in [3.05, 3.63) is 6.33 Å². The molecule has 1 aromatic heterocycles. The third-order valence-corrected chi connectivity index (χ3v) is 3.78. The molecule has 0 saturated carbocycles. The molecule has 2 rings (SSSR count). The zero-order chi connectivity index (χ0) is 15.2. The van der Waals surface area contributed by atoms with E-state index in [-0.39, 0.29) is 0 Å². The third kappa shape index (κ3) is 4.18. The fourth-order valence-electron chi connectivity index (χ4n) is 2.37. The van der Waals surface area contributed by atoms with Crippen LogP contribution < -0.4 is 15.8 Å². The Morgan fingerprint density at radius 1 is 1.38 bits per heavy atom. The number of aromatic nitrogens is 2. The molecule has 2 heterocycles. The zero-order valence-electron chi connectivity index (χ0n) is 13.2. The predicted molar refractivity (Wildman–Crippen MR) is 84.6 cm³/mol. The smallest absolute Gasteiger partial charge is 0.242 e. The standard InChI is InChI=1S/C14H26N6O/c1-4-7-21-14-12(15)13(17-10-18-14)16-8-11-9-19(2)5-6-20(11)3/h10-11H,4-9,15H2,1-3H3,(H,16,17,18). The average molecular weight is 294 g/mol. The van der Waals surface area contributed by atoms with Gasteiger partial charge in [0.15, 0.2) is 5.82 Å². The molecule has 1 atom stereocenters. The largest absolute Gasteiger partial charge is 0.476 e. The van der Waals surface area contributed by atoms with Crippen molar-refractivity contribution in [3.63, 3.8) is 0 Å². The molecule has 1 fully saturated rings. The van der Waals surface area contributed by atoms with Gasteiger partial charge in [0.25, 0.3) is 0 Å². The van der Waals surface area contributed by atoms with Crippen molar-refractivity contribution < 1.29 is 4.74 Å². The van der Waals surface area contributed by atoms with Crippen LogP contribution in [0.2, 0.25) is 0 Å². The number of nitrogens with two attached hydrogens (primary N) is 1. The number of hydrogen-bond donors (Lipinski definition) is 2. The van der Waals surface area contributed by atoms with Crippen molar-refractivity contribution in [2.45, 2.75) is 19.4 Å². The van der Waals surface area contributed by atoms with Crippen LogP contribution in [0.15, 0.2) is 6.33 Å². The minimum Gasteiger partial charge on any atom is -0.476 e. The van der Waals surface area contributed by atoms with E-state index >= 15 is 0 Å². The molecule has 118 valence electrons. The number of anilines is 2. The number of ether oxygens (including phenoxy) is 1. The van der Waals surface area contributed by atoms with Gasteiger partial charge in [-0.25, -0.2) is 4.98 Å².